The summed E-state index contributed by atoms with van der Waals surface area (Å²) >= 11 is 0. The number of nitrogens with zero attached hydrogens (tertiary/aromatic N) is 6. The van der Waals surface area contributed by atoms with E-state index in [2.05, 4.69) is 59.9 Å². The zero-order chi connectivity index (χ0) is 64.3. The van der Waals surface area contributed by atoms with E-state index in [4.69, 9.17) is 19.3 Å². The average molecular weight is 1230 g/mol. The van der Waals surface area contributed by atoms with Gasteiger partial charge in [-0.15, -0.1) is 0 Å². The average Bonchev–Trinajstić information content (AvgIpc) is 1.78. The van der Waals surface area contributed by atoms with E-state index >= 15 is 0 Å². The first-order valence-corrected chi connectivity index (χ1v) is 31.1. The summed E-state index contributed by atoms with van der Waals surface area (Å²) in [4.78, 5) is 67.2. The van der Waals surface area contributed by atoms with E-state index in [1.54, 1.807) is 35.4 Å². The summed E-state index contributed by atoms with van der Waals surface area (Å²) in [6.07, 6.45) is 7.63. The summed E-state index contributed by atoms with van der Waals surface area (Å²) in [5, 5.41) is 56.1. The summed E-state index contributed by atoms with van der Waals surface area (Å²) in [6.45, 7) is 7.75. The van der Waals surface area contributed by atoms with Crippen molar-refractivity contribution in [3.63, 3.8) is 0 Å². The maximum atomic E-state index is 14.6. The number of piperidine rings is 1. The van der Waals surface area contributed by atoms with Gasteiger partial charge in [0.2, 0.25) is 23.6 Å². The molecule has 5 N–H and O–H groups in total. The number of aliphatic hydroxyl groups is 1. The van der Waals surface area contributed by atoms with E-state index < -0.39 is 36.8 Å². The lowest BCUT2D eigenvalue weighted by Gasteiger charge is -2.34. The first kappa shape index (κ1) is 64.3. The van der Waals surface area contributed by atoms with Crippen molar-refractivity contribution in [1.82, 2.24) is 9.88 Å². The van der Waals surface area contributed by atoms with Crippen LogP contribution >= 0.6 is 0 Å². The molecule has 3 saturated heterocycles. The van der Waals surface area contributed by atoms with Crippen molar-refractivity contribution in [3.05, 3.63) is 138 Å². The number of aliphatic hydroxyl groups excluding tert-OH is 1. The molecule has 1 aromatic heterocycles. The van der Waals surface area contributed by atoms with Gasteiger partial charge < -0.3 is 50.2 Å². The van der Waals surface area contributed by atoms with E-state index in [1.165, 1.54) is 4.90 Å². The normalized spacial score (nSPS) is 21.1. The molecule has 19 nitrogen and oxygen atoms in total. The molecule has 470 valence electrons. The Labute approximate surface area is 528 Å². The Kier molecular flexibility index (Phi) is 20.4. The summed E-state index contributed by atoms with van der Waals surface area (Å²) in [7, 11) is 0. The van der Waals surface area contributed by atoms with Crippen molar-refractivity contribution in [2.45, 2.75) is 109 Å². The molecule has 20 heteroatoms. The molecular weight excluding hydrogens is 1160 g/mol. The number of carboxylic acid groups (broad SMARTS) is 1. The van der Waals surface area contributed by atoms with E-state index in [1.807, 2.05) is 91.0 Å². The van der Waals surface area contributed by atoms with Gasteiger partial charge in [-0.05, 0) is 156 Å². The Hall–Kier alpha value is -9.68. The van der Waals surface area contributed by atoms with Crippen LogP contribution in [-0.4, -0.2) is 114 Å². The molecule has 3 saturated carbocycles. The number of amides is 4. The third-order valence-electron chi connectivity index (χ3n) is 17.7. The lowest BCUT2D eigenvalue weighted by Crippen LogP contribution is -2.50. The predicted octanol–water partition coefficient (Wildman–Crippen LogP) is 11.3. The number of halogens is 1. The van der Waals surface area contributed by atoms with Gasteiger partial charge in [-0.1, -0.05) is 69.7 Å². The van der Waals surface area contributed by atoms with Crippen molar-refractivity contribution >= 4 is 52.5 Å². The van der Waals surface area contributed by atoms with Crippen LogP contribution < -0.4 is 30.3 Å². The zero-order valence-corrected chi connectivity index (χ0v) is 51.2. The number of hydrogen-bond acceptors (Lipinski definition) is 14. The van der Waals surface area contributed by atoms with E-state index in [0.29, 0.717) is 66.2 Å². The highest BCUT2D eigenvalue weighted by molar-refractivity contribution is 5.96. The monoisotopic (exact) mass is 1230 g/mol. The van der Waals surface area contributed by atoms with Gasteiger partial charge in [-0.25, -0.2) is 14.2 Å². The molecular formula is C71H74FN9O10. The minimum absolute atomic E-state index is 0.0103. The summed E-state index contributed by atoms with van der Waals surface area (Å²) in [6, 6.07) is 40.9. The second kappa shape index (κ2) is 28.9. The number of nitriles is 3. The number of aromatic nitrogens is 1. The van der Waals surface area contributed by atoms with Crippen LogP contribution in [0, 0.1) is 63.1 Å². The number of ether oxygens (including phenoxy) is 3. The summed E-state index contributed by atoms with van der Waals surface area (Å²) in [5.74, 6) is 0.918. The number of pyridine rings is 1. The molecule has 91 heavy (non-hydrogen) atoms. The van der Waals surface area contributed by atoms with Gasteiger partial charge in [0.1, 0.15) is 60.4 Å². The van der Waals surface area contributed by atoms with Crippen LogP contribution in [0.25, 0.3) is 33.4 Å². The fourth-order valence-electron chi connectivity index (χ4n) is 11.9. The number of alkyl halides is 1. The molecule has 0 spiro atoms. The highest BCUT2D eigenvalue weighted by Gasteiger charge is 2.50. The number of aliphatic carboxylic acids is 1. The minimum atomic E-state index is -1.42. The molecule has 12 rings (SSSR count). The Morgan fingerprint density at radius 2 is 1.27 bits per heavy atom. The molecule has 6 aliphatic rings. The Bertz CT molecular complexity index is 3830. The second-order valence-electron chi connectivity index (χ2n) is 24.7. The molecule has 4 heterocycles. The van der Waals surface area contributed by atoms with Gasteiger partial charge >= 0.3 is 5.97 Å². The van der Waals surface area contributed by atoms with E-state index in [9.17, 15) is 49.3 Å². The first-order chi connectivity index (χ1) is 43.9. The molecule has 0 bridgehead atoms. The van der Waals surface area contributed by atoms with Gasteiger partial charge in [-0.2, -0.15) is 15.8 Å². The smallest absolute Gasteiger partial charge is 0.326 e. The Balaban J connectivity index is 0.000000151. The third-order valence-corrected chi connectivity index (χ3v) is 17.7. The maximum absolute atomic E-state index is 14.6. The first-order valence-electron chi connectivity index (χ1n) is 31.1. The minimum Gasteiger partial charge on any atom is -0.489 e. The summed E-state index contributed by atoms with van der Waals surface area (Å²) < 4.78 is 31.8. The number of benzene rings is 5. The van der Waals surface area contributed by atoms with Gasteiger partial charge in [0.15, 0.2) is 6.17 Å². The number of likely N-dealkylation sites (tertiary alicyclic amines) is 1. The lowest BCUT2D eigenvalue weighted by atomic mass is 10.0. The Morgan fingerprint density at radius 1 is 0.692 bits per heavy atom. The SMILES string of the molecule is CC1(C)C[C@@H]1C(=O)Nc1cccc(-c2ccc(O[C@H]3CCN(C(=O)CO)C[C@H]3F)c(C#N)c2)c1.CC[C@@H]1C[C@H]1C(=O)Nc1cc(-c2ccc(OC3CCOCC3)c(C#N)c2)ccn1.N#Cc1cc(-c2cccc(NC(=O)C3CC3)c2)ccc1N1CCC[C@H]1C(=O)O. The molecule has 6 atom stereocenters. The Morgan fingerprint density at radius 3 is 1.84 bits per heavy atom. The zero-order valence-electron chi connectivity index (χ0n) is 51.2. The van der Waals surface area contributed by atoms with Crippen LogP contribution in [0.1, 0.15) is 102 Å². The fourth-order valence-corrected chi connectivity index (χ4v) is 11.9. The van der Waals surface area contributed by atoms with Crippen molar-refractivity contribution in [2.24, 2.45) is 29.1 Å². The standard InChI is InChI=1S/C26H28FN3O4.C23H25N3O3.C22H21N3O3/c1-26(2)12-20(26)25(33)29-19-5-3-4-16(11-19)17-6-7-22(18(10-17)13-28)34-23-8-9-30(14-21(23)27)24(32)15-31;1-2-15-12-20(15)23(27)26-22-13-17(5-8-25-22)16-3-4-21(18(11-16)14-24)29-19-6-9-28-10-7-19;23-13-17-11-16(8-9-19(17)25-10-2-5-20(25)22(27)28)15-3-1-4-18(12-15)24-21(26)14-6-7-14/h3-7,10-11,20-21,23,31H,8-9,12,14-15H2,1-2H3,(H,29,33);3-5,8,11,13,15,19-20H,2,6-7,9-10,12H2,1H3,(H,25,26,27);1,3-4,8-9,11-12,14,20H,2,5-7,10H2,(H,24,26)(H,27,28)/t20-,21-,23+;15-,20-;20-/m110/s1. The number of anilines is 4. The number of hydrogen-bond donors (Lipinski definition) is 5. The number of rotatable bonds is 17. The largest absolute Gasteiger partial charge is 0.489 e. The predicted molar refractivity (Wildman–Crippen MR) is 340 cm³/mol. The van der Waals surface area contributed by atoms with Crippen molar-refractivity contribution < 1.29 is 52.8 Å². The van der Waals surface area contributed by atoms with E-state index in [-0.39, 0.29) is 77.8 Å². The van der Waals surface area contributed by atoms with Crippen molar-refractivity contribution in [1.29, 1.82) is 15.8 Å². The third kappa shape index (κ3) is 16.2. The van der Waals surface area contributed by atoms with Crippen LogP contribution in [0.5, 0.6) is 11.5 Å². The number of carbonyl (C=O) groups excluding carboxylic acids is 4. The van der Waals surface area contributed by atoms with Gasteiger partial charge in [0.25, 0.3) is 0 Å². The highest BCUT2D eigenvalue weighted by atomic mass is 19.1. The molecule has 4 amide bonds. The van der Waals surface area contributed by atoms with Gasteiger partial charge in [-0.3, -0.25) is 19.2 Å². The van der Waals surface area contributed by atoms with Crippen LogP contribution in [-0.2, 0) is 28.7 Å². The van der Waals surface area contributed by atoms with Crippen molar-refractivity contribution in [2.75, 3.05) is 60.3 Å². The van der Waals surface area contributed by atoms with Crippen LogP contribution in [0.15, 0.2) is 121 Å². The van der Waals surface area contributed by atoms with Crippen LogP contribution in [0.2, 0.25) is 0 Å². The summed E-state index contributed by atoms with van der Waals surface area (Å²) in [5.41, 5.74) is 8.49. The number of carboxylic acids is 1. The number of nitrogens with one attached hydrogen (secondary N) is 3. The molecule has 3 aliphatic carbocycles. The van der Waals surface area contributed by atoms with Crippen LogP contribution in [0.4, 0.5) is 27.3 Å². The lowest BCUT2D eigenvalue weighted by molar-refractivity contribution is -0.139. The molecule has 6 aromatic rings. The van der Waals surface area contributed by atoms with Crippen LogP contribution in [0.3, 0.4) is 0 Å². The molecule has 5 aromatic carbocycles. The van der Waals surface area contributed by atoms with E-state index in [0.717, 1.165) is 90.4 Å². The maximum Gasteiger partial charge on any atom is 0.326 e. The van der Waals surface area contributed by atoms with Gasteiger partial charge in [0.05, 0.1) is 42.1 Å². The molecule has 3 aliphatic heterocycles. The quantitative estimate of drug-likeness (QED) is 0.0568. The topological polar surface area (TPSA) is 280 Å². The fraction of sp³-hybridized carbons (Fsp3) is 0.394. The molecule has 0 radical (unpaired) electrons. The molecule has 6 fully saturated rings. The van der Waals surface area contributed by atoms with Gasteiger partial charge in [0, 0.05) is 67.7 Å². The second-order valence-corrected chi connectivity index (χ2v) is 24.7. The van der Waals surface area contributed by atoms with Crippen molar-refractivity contribution in [3.8, 4) is 63.1 Å². The highest BCUT2D eigenvalue weighted by Crippen LogP contribution is 2.52. The number of carbonyl (C=O) groups is 5. The molecule has 0 unspecified atom stereocenters.